The molecule has 3 aromatic carbocycles. The Morgan fingerprint density at radius 1 is 0.893 bits per heavy atom. The Hall–Kier alpha value is -3.11. The minimum atomic E-state index is -0.479. The van der Waals surface area contributed by atoms with E-state index in [1.807, 2.05) is 67.6 Å². The standard InChI is InChI=1S/C23H21ClN2O2/c1-16-14-19(24)12-13-20(16)26-21(27)15-25-23(28)22(17-8-4-2-5-9-17)18-10-6-3-7-11-18/h2-14,22H,15H2,1H3,(H,25,28)(H,26,27). The van der Waals surface area contributed by atoms with Crippen molar-refractivity contribution in [1.82, 2.24) is 5.32 Å². The third-order valence-corrected chi connectivity index (χ3v) is 4.65. The van der Waals surface area contributed by atoms with Gasteiger partial charge >= 0.3 is 0 Å². The van der Waals surface area contributed by atoms with Crippen molar-refractivity contribution in [3.8, 4) is 0 Å². The second-order valence-electron chi connectivity index (χ2n) is 6.48. The molecule has 3 aromatic rings. The fourth-order valence-corrected chi connectivity index (χ4v) is 3.24. The van der Waals surface area contributed by atoms with Crippen LogP contribution in [0.5, 0.6) is 0 Å². The van der Waals surface area contributed by atoms with Crippen molar-refractivity contribution in [3.05, 3.63) is 101 Å². The summed E-state index contributed by atoms with van der Waals surface area (Å²) in [7, 11) is 0. The summed E-state index contributed by atoms with van der Waals surface area (Å²) in [6.45, 7) is 1.75. The molecule has 0 aromatic heterocycles. The van der Waals surface area contributed by atoms with E-state index in [2.05, 4.69) is 10.6 Å². The van der Waals surface area contributed by atoms with E-state index in [9.17, 15) is 9.59 Å². The van der Waals surface area contributed by atoms with Gasteiger partial charge in [-0.25, -0.2) is 0 Å². The van der Waals surface area contributed by atoms with Crippen LogP contribution >= 0.6 is 11.6 Å². The topological polar surface area (TPSA) is 58.2 Å². The molecule has 0 unspecified atom stereocenters. The lowest BCUT2D eigenvalue weighted by Gasteiger charge is -2.18. The predicted octanol–water partition coefficient (Wildman–Crippen LogP) is 4.54. The van der Waals surface area contributed by atoms with E-state index in [-0.39, 0.29) is 18.4 Å². The maximum absolute atomic E-state index is 12.9. The lowest BCUT2D eigenvalue weighted by molar-refractivity contribution is -0.124. The molecule has 0 saturated heterocycles. The quantitative estimate of drug-likeness (QED) is 0.647. The van der Waals surface area contributed by atoms with Crippen molar-refractivity contribution in [1.29, 1.82) is 0 Å². The summed E-state index contributed by atoms with van der Waals surface area (Å²) in [4.78, 5) is 25.2. The molecule has 0 aliphatic carbocycles. The summed E-state index contributed by atoms with van der Waals surface area (Å²) in [6.07, 6.45) is 0. The molecule has 4 nitrogen and oxygen atoms in total. The summed E-state index contributed by atoms with van der Waals surface area (Å²) in [6, 6.07) is 24.3. The predicted molar refractivity (Wildman–Crippen MR) is 113 cm³/mol. The lowest BCUT2D eigenvalue weighted by Crippen LogP contribution is -2.36. The molecular formula is C23H21ClN2O2. The van der Waals surface area contributed by atoms with Crippen molar-refractivity contribution in [2.24, 2.45) is 0 Å². The first-order valence-electron chi connectivity index (χ1n) is 8.98. The molecule has 0 bridgehead atoms. The number of hydrogen-bond donors (Lipinski definition) is 2. The number of anilines is 1. The van der Waals surface area contributed by atoms with Crippen molar-refractivity contribution >= 4 is 29.1 Å². The van der Waals surface area contributed by atoms with Gasteiger partial charge in [0.05, 0.1) is 12.5 Å². The number of hydrogen-bond acceptors (Lipinski definition) is 2. The smallest absolute Gasteiger partial charge is 0.243 e. The fraction of sp³-hybridized carbons (Fsp3) is 0.130. The fourth-order valence-electron chi connectivity index (χ4n) is 3.02. The molecule has 142 valence electrons. The summed E-state index contributed by atoms with van der Waals surface area (Å²) in [5.41, 5.74) is 3.28. The largest absolute Gasteiger partial charge is 0.346 e. The first-order chi connectivity index (χ1) is 13.5. The highest BCUT2D eigenvalue weighted by atomic mass is 35.5. The van der Waals surface area contributed by atoms with Gasteiger partial charge in [-0.05, 0) is 41.8 Å². The molecule has 0 heterocycles. The molecule has 5 heteroatoms. The molecule has 2 amide bonds. The van der Waals surface area contributed by atoms with Crippen molar-refractivity contribution in [3.63, 3.8) is 0 Å². The van der Waals surface area contributed by atoms with Gasteiger partial charge in [-0.1, -0.05) is 72.3 Å². The van der Waals surface area contributed by atoms with Gasteiger partial charge in [-0.2, -0.15) is 0 Å². The van der Waals surface area contributed by atoms with Crippen LogP contribution in [-0.2, 0) is 9.59 Å². The zero-order valence-corrected chi connectivity index (χ0v) is 16.2. The van der Waals surface area contributed by atoms with Crippen LogP contribution in [0.3, 0.4) is 0 Å². The number of nitrogens with one attached hydrogen (secondary N) is 2. The first kappa shape index (κ1) is 19.6. The second kappa shape index (κ2) is 9.20. The highest BCUT2D eigenvalue weighted by Crippen LogP contribution is 2.24. The number of rotatable bonds is 6. The number of amides is 2. The zero-order valence-electron chi connectivity index (χ0n) is 15.5. The minimum absolute atomic E-state index is 0.114. The van der Waals surface area contributed by atoms with Crippen LogP contribution in [-0.4, -0.2) is 18.4 Å². The van der Waals surface area contributed by atoms with Gasteiger partial charge in [0, 0.05) is 10.7 Å². The van der Waals surface area contributed by atoms with Crippen LogP contribution in [0.4, 0.5) is 5.69 Å². The Morgan fingerprint density at radius 3 is 2.00 bits per heavy atom. The van der Waals surface area contributed by atoms with E-state index in [1.54, 1.807) is 18.2 Å². The van der Waals surface area contributed by atoms with Gasteiger partial charge < -0.3 is 10.6 Å². The highest BCUT2D eigenvalue weighted by Gasteiger charge is 2.22. The molecule has 0 fully saturated rings. The van der Waals surface area contributed by atoms with E-state index in [0.29, 0.717) is 10.7 Å². The maximum Gasteiger partial charge on any atom is 0.243 e. The molecule has 3 rings (SSSR count). The second-order valence-corrected chi connectivity index (χ2v) is 6.92. The molecule has 28 heavy (non-hydrogen) atoms. The van der Waals surface area contributed by atoms with Crippen LogP contribution < -0.4 is 10.6 Å². The van der Waals surface area contributed by atoms with E-state index < -0.39 is 5.92 Å². The average Bonchev–Trinajstić information content (AvgIpc) is 2.70. The molecule has 2 N–H and O–H groups in total. The Bertz CT molecular complexity index is 919. The van der Waals surface area contributed by atoms with Gasteiger partial charge in [0.25, 0.3) is 0 Å². The number of benzene rings is 3. The number of aryl methyl sites for hydroxylation is 1. The van der Waals surface area contributed by atoms with Crippen LogP contribution in [0, 0.1) is 6.92 Å². The van der Waals surface area contributed by atoms with E-state index in [0.717, 1.165) is 16.7 Å². The van der Waals surface area contributed by atoms with Gasteiger partial charge in [-0.3, -0.25) is 9.59 Å². The monoisotopic (exact) mass is 392 g/mol. The molecule has 0 saturated carbocycles. The van der Waals surface area contributed by atoms with Crippen molar-refractivity contribution in [2.75, 3.05) is 11.9 Å². The number of carbonyl (C=O) groups is 2. The van der Waals surface area contributed by atoms with Gasteiger partial charge in [0.15, 0.2) is 0 Å². The lowest BCUT2D eigenvalue weighted by atomic mass is 9.90. The number of halogens is 1. The third kappa shape index (κ3) is 4.99. The SMILES string of the molecule is Cc1cc(Cl)ccc1NC(=O)CNC(=O)C(c1ccccc1)c1ccccc1. The summed E-state index contributed by atoms with van der Waals surface area (Å²) >= 11 is 5.94. The van der Waals surface area contributed by atoms with E-state index >= 15 is 0 Å². The summed E-state index contributed by atoms with van der Waals surface area (Å²) in [5, 5.41) is 6.16. The Kier molecular flexibility index (Phi) is 6.45. The first-order valence-corrected chi connectivity index (χ1v) is 9.36. The molecular weight excluding hydrogens is 372 g/mol. The van der Waals surface area contributed by atoms with Gasteiger partial charge in [0.2, 0.25) is 11.8 Å². The van der Waals surface area contributed by atoms with Gasteiger partial charge in [0.1, 0.15) is 0 Å². The van der Waals surface area contributed by atoms with Crippen LogP contribution in [0.25, 0.3) is 0 Å². The average molecular weight is 393 g/mol. The van der Waals surface area contributed by atoms with Crippen LogP contribution in [0.1, 0.15) is 22.6 Å². The Balaban J connectivity index is 1.69. The van der Waals surface area contributed by atoms with Crippen molar-refractivity contribution < 1.29 is 9.59 Å². The normalized spacial score (nSPS) is 10.5. The van der Waals surface area contributed by atoms with Crippen LogP contribution in [0.2, 0.25) is 5.02 Å². The molecule has 0 spiro atoms. The molecule has 0 radical (unpaired) electrons. The molecule has 0 atom stereocenters. The van der Waals surface area contributed by atoms with E-state index in [1.165, 1.54) is 0 Å². The number of carbonyl (C=O) groups excluding carboxylic acids is 2. The van der Waals surface area contributed by atoms with Crippen LogP contribution in [0.15, 0.2) is 78.9 Å². The summed E-state index contributed by atoms with van der Waals surface area (Å²) < 4.78 is 0. The van der Waals surface area contributed by atoms with E-state index in [4.69, 9.17) is 11.6 Å². The Morgan fingerprint density at radius 2 is 1.46 bits per heavy atom. The van der Waals surface area contributed by atoms with Crippen molar-refractivity contribution in [2.45, 2.75) is 12.8 Å². The molecule has 0 aliphatic rings. The summed E-state index contributed by atoms with van der Waals surface area (Å²) in [5.74, 6) is -0.994. The minimum Gasteiger partial charge on any atom is -0.346 e. The van der Waals surface area contributed by atoms with Gasteiger partial charge in [-0.15, -0.1) is 0 Å². The maximum atomic E-state index is 12.9. The Labute approximate surface area is 169 Å². The molecule has 0 aliphatic heterocycles. The zero-order chi connectivity index (χ0) is 19.9. The highest BCUT2D eigenvalue weighted by molar-refractivity contribution is 6.30. The third-order valence-electron chi connectivity index (χ3n) is 4.41.